The SMILES string of the molecule is CCOc1cc(C=Nn2c(-c3cc4cc(Br)ccc4o3)nc3ccccc3c2=O)cc(I)c1O[C@@H](C)C(=O)O. The van der Waals surface area contributed by atoms with E-state index < -0.39 is 12.1 Å². The second kappa shape index (κ2) is 11.2. The third-order valence-electron chi connectivity index (χ3n) is 5.75. The number of furan rings is 1. The molecule has 0 aliphatic carbocycles. The van der Waals surface area contributed by atoms with Gasteiger partial charge in [0.05, 0.1) is 27.3 Å². The molecule has 1 N–H and O–H groups in total. The van der Waals surface area contributed by atoms with Gasteiger partial charge in [0.25, 0.3) is 5.56 Å². The van der Waals surface area contributed by atoms with Crippen LogP contribution in [0.15, 0.2) is 79.4 Å². The zero-order valence-corrected chi connectivity index (χ0v) is 24.5. The summed E-state index contributed by atoms with van der Waals surface area (Å²) in [5.74, 6) is 0.234. The van der Waals surface area contributed by atoms with Gasteiger partial charge in [0.1, 0.15) is 5.58 Å². The average Bonchev–Trinajstić information content (AvgIpc) is 3.33. The quantitative estimate of drug-likeness (QED) is 0.149. The van der Waals surface area contributed by atoms with Crippen LogP contribution >= 0.6 is 38.5 Å². The van der Waals surface area contributed by atoms with E-state index in [1.165, 1.54) is 17.8 Å². The van der Waals surface area contributed by atoms with Crippen molar-refractivity contribution in [1.82, 2.24) is 9.66 Å². The zero-order chi connectivity index (χ0) is 27.7. The van der Waals surface area contributed by atoms with E-state index in [1.807, 2.05) is 59.8 Å². The standard InChI is InChI=1S/C28H21BrIN3O6/c1-3-37-23-11-16(10-20(30)25(23)38-15(2)28(35)36)14-31-33-26(32-21-7-5-4-6-19(21)27(33)34)24-13-17-12-18(29)8-9-22(17)39-24/h4-15H,3H2,1-2H3,(H,35,36)/t15-/m0/s1. The summed E-state index contributed by atoms with van der Waals surface area (Å²) in [5.41, 5.74) is 1.42. The van der Waals surface area contributed by atoms with Crippen molar-refractivity contribution in [3.05, 3.63) is 84.6 Å². The smallest absolute Gasteiger partial charge is 0.344 e. The van der Waals surface area contributed by atoms with E-state index in [-0.39, 0.29) is 11.4 Å². The Morgan fingerprint density at radius 2 is 2.03 bits per heavy atom. The Labute approximate surface area is 244 Å². The van der Waals surface area contributed by atoms with Crippen molar-refractivity contribution in [1.29, 1.82) is 0 Å². The van der Waals surface area contributed by atoms with Crippen molar-refractivity contribution in [2.45, 2.75) is 20.0 Å². The predicted molar refractivity (Wildman–Crippen MR) is 160 cm³/mol. The van der Waals surface area contributed by atoms with E-state index in [4.69, 9.17) is 18.9 Å². The highest BCUT2D eigenvalue weighted by atomic mass is 127. The van der Waals surface area contributed by atoms with Crippen LogP contribution in [0.25, 0.3) is 33.5 Å². The van der Waals surface area contributed by atoms with Crippen LogP contribution in [0.2, 0.25) is 0 Å². The number of aliphatic carboxylic acids is 1. The number of halogens is 2. The summed E-state index contributed by atoms with van der Waals surface area (Å²) in [6.07, 6.45) is 0.446. The van der Waals surface area contributed by atoms with Gasteiger partial charge in [0, 0.05) is 9.86 Å². The van der Waals surface area contributed by atoms with Crippen LogP contribution < -0.4 is 15.0 Å². The highest BCUT2D eigenvalue weighted by Gasteiger charge is 2.20. The third kappa shape index (κ3) is 5.55. The lowest BCUT2D eigenvalue weighted by molar-refractivity contribution is -0.144. The second-order valence-electron chi connectivity index (χ2n) is 8.47. The van der Waals surface area contributed by atoms with Crippen LogP contribution in [-0.4, -0.2) is 39.7 Å². The molecule has 11 heteroatoms. The van der Waals surface area contributed by atoms with E-state index in [0.29, 0.717) is 49.5 Å². The van der Waals surface area contributed by atoms with Gasteiger partial charge in [0.15, 0.2) is 23.4 Å². The summed E-state index contributed by atoms with van der Waals surface area (Å²) in [4.78, 5) is 29.6. The molecule has 0 unspecified atom stereocenters. The molecule has 5 rings (SSSR count). The first-order valence-corrected chi connectivity index (χ1v) is 13.7. The Morgan fingerprint density at radius 3 is 2.79 bits per heavy atom. The molecule has 2 heterocycles. The van der Waals surface area contributed by atoms with Gasteiger partial charge in [-0.1, -0.05) is 28.1 Å². The fourth-order valence-electron chi connectivity index (χ4n) is 3.91. The Balaban J connectivity index is 1.63. The fraction of sp³-hybridized carbons (Fsp3) is 0.143. The van der Waals surface area contributed by atoms with Crippen molar-refractivity contribution in [3.63, 3.8) is 0 Å². The van der Waals surface area contributed by atoms with Gasteiger partial charge in [-0.2, -0.15) is 9.78 Å². The largest absolute Gasteiger partial charge is 0.490 e. The molecule has 3 aromatic carbocycles. The van der Waals surface area contributed by atoms with Crippen molar-refractivity contribution >= 4 is 72.6 Å². The first kappa shape index (κ1) is 26.9. The molecule has 0 fully saturated rings. The monoisotopic (exact) mass is 701 g/mol. The maximum Gasteiger partial charge on any atom is 0.344 e. The number of hydrogen-bond donors (Lipinski definition) is 1. The predicted octanol–water partition coefficient (Wildman–Crippen LogP) is 6.31. The molecule has 0 saturated carbocycles. The Bertz CT molecular complexity index is 1810. The van der Waals surface area contributed by atoms with Crippen molar-refractivity contribution < 1.29 is 23.8 Å². The molecule has 39 heavy (non-hydrogen) atoms. The minimum Gasteiger partial charge on any atom is -0.490 e. The summed E-state index contributed by atoms with van der Waals surface area (Å²) in [5, 5.41) is 15.0. The lowest BCUT2D eigenvalue weighted by Crippen LogP contribution is -2.23. The van der Waals surface area contributed by atoms with Crippen LogP contribution in [0.3, 0.4) is 0 Å². The first-order chi connectivity index (χ1) is 18.7. The number of fused-ring (bicyclic) bond motifs is 2. The summed E-state index contributed by atoms with van der Waals surface area (Å²) in [6, 6.07) is 17.9. The zero-order valence-electron chi connectivity index (χ0n) is 20.7. The lowest BCUT2D eigenvalue weighted by atomic mass is 10.2. The normalized spacial score (nSPS) is 12.3. The molecule has 0 aliphatic rings. The number of ether oxygens (including phenoxy) is 2. The van der Waals surface area contributed by atoms with E-state index >= 15 is 0 Å². The van der Waals surface area contributed by atoms with Gasteiger partial charge in [-0.3, -0.25) is 4.79 Å². The molecular formula is C28H21BrIN3O6. The fourth-order valence-corrected chi connectivity index (χ4v) is 5.04. The van der Waals surface area contributed by atoms with Gasteiger partial charge < -0.3 is 19.0 Å². The molecule has 0 bridgehead atoms. The van der Waals surface area contributed by atoms with E-state index in [1.54, 1.807) is 30.3 Å². The molecule has 9 nitrogen and oxygen atoms in total. The first-order valence-electron chi connectivity index (χ1n) is 11.9. The molecule has 5 aromatic rings. The van der Waals surface area contributed by atoms with Crippen LogP contribution in [0, 0.1) is 3.57 Å². The summed E-state index contributed by atoms with van der Waals surface area (Å²) < 4.78 is 20.1. The van der Waals surface area contributed by atoms with Crippen molar-refractivity contribution in [2.75, 3.05) is 6.61 Å². The molecule has 0 amide bonds. The molecule has 2 aromatic heterocycles. The average molecular weight is 702 g/mol. The van der Waals surface area contributed by atoms with Crippen molar-refractivity contribution in [2.24, 2.45) is 5.10 Å². The number of aromatic nitrogens is 2. The number of benzene rings is 3. The Kier molecular flexibility index (Phi) is 7.71. The molecule has 0 saturated heterocycles. The highest BCUT2D eigenvalue weighted by Crippen LogP contribution is 2.35. The van der Waals surface area contributed by atoms with Gasteiger partial charge in [-0.15, -0.1) is 0 Å². The minimum atomic E-state index is -1.09. The van der Waals surface area contributed by atoms with Crippen molar-refractivity contribution in [3.8, 4) is 23.1 Å². The molecule has 0 spiro atoms. The summed E-state index contributed by atoms with van der Waals surface area (Å²) >= 11 is 5.52. The van der Waals surface area contributed by atoms with Gasteiger partial charge in [0.2, 0.25) is 5.82 Å². The lowest BCUT2D eigenvalue weighted by Gasteiger charge is -2.17. The van der Waals surface area contributed by atoms with Crippen LogP contribution in [-0.2, 0) is 4.79 Å². The summed E-state index contributed by atoms with van der Waals surface area (Å²) in [6.45, 7) is 3.60. The minimum absolute atomic E-state index is 0.247. The third-order valence-corrected chi connectivity index (χ3v) is 7.04. The van der Waals surface area contributed by atoms with E-state index in [0.717, 1.165) is 9.86 Å². The number of carbonyl (C=O) groups is 1. The maximum absolute atomic E-state index is 13.5. The maximum atomic E-state index is 13.5. The topological polar surface area (TPSA) is 116 Å². The molecule has 0 radical (unpaired) electrons. The number of hydrogen-bond acceptors (Lipinski definition) is 7. The Morgan fingerprint density at radius 1 is 1.23 bits per heavy atom. The van der Waals surface area contributed by atoms with Crippen LogP contribution in [0.5, 0.6) is 11.5 Å². The number of carboxylic acid groups (broad SMARTS) is 1. The second-order valence-corrected chi connectivity index (χ2v) is 10.5. The number of carboxylic acids is 1. The number of para-hydroxylation sites is 1. The Hall–Kier alpha value is -3.71. The van der Waals surface area contributed by atoms with Gasteiger partial charge in [-0.25, -0.2) is 9.78 Å². The number of rotatable bonds is 8. The van der Waals surface area contributed by atoms with Crippen LogP contribution in [0.4, 0.5) is 0 Å². The highest BCUT2D eigenvalue weighted by molar-refractivity contribution is 14.1. The van der Waals surface area contributed by atoms with Gasteiger partial charge >= 0.3 is 5.97 Å². The molecule has 0 aliphatic heterocycles. The molecule has 198 valence electrons. The van der Waals surface area contributed by atoms with E-state index in [2.05, 4.69) is 21.0 Å². The molecule has 1 atom stereocenters. The molecular weight excluding hydrogens is 681 g/mol. The van der Waals surface area contributed by atoms with Gasteiger partial charge in [-0.05, 0) is 90.5 Å². The summed E-state index contributed by atoms with van der Waals surface area (Å²) in [7, 11) is 0. The van der Waals surface area contributed by atoms with Crippen LogP contribution in [0.1, 0.15) is 19.4 Å². The van der Waals surface area contributed by atoms with E-state index in [9.17, 15) is 14.7 Å². The number of nitrogens with zero attached hydrogens (tertiary/aromatic N) is 3.